The standard InChI is InChI=1S/C26H23F3N6O6S/c1-14-20(23(37)41-2)21(18-8-7-15(13-30)11-19(18)22(36)31-9-10-42(3,39)40)35-24(32-33-25(35)38)34(14)17-6-4-5-16(12-17)26(27,28)29/h4-8,11-12,21H,9-10H2,1-3H3,(H,31,36)(H,33,38)/t21-/m1/s1. The number of halogens is 3. The van der Waals surface area contributed by atoms with Gasteiger partial charge in [0.1, 0.15) is 15.9 Å². The quantitative estimate of drug-likeness (QED) is 0.385. The number of H-pyrrole nitrogens is 1. The molecular weight excluding hydrogens is 581 g/mol. The highest BCUT2D eigenvalue weighted by Crippen LogP contribution is 2.43. The van der Waals surface area contributed by atoms with E-state index < -0.39 is 45.2 Å². The number of nitriles is 1. The van der Waals surface area contributed by atoms with Crippen molar-refractivity contribution in [1.29, 1.82) is 5.26 Å². The molecule has 220 valence electrons. The second-order valence-corrected chi connectivity index (χ2v) is 11.5. The summed E-state index contributed by atoms with van der Waals surface area (Å²) in [6.07, 6.45) is -3.70. The maximum Gasteiger partial charge on any atom is 0.416 e. The predicted molar refractivity (Wildman–Crippen MR) is 142 cm³/mol. The van der Waals surface area contributed by atoms with Gasteiger partial charge in [-0.05, 0) is 42.8 Å². The molecule has 0 bridgehead atoms. The third-order valence-corrected chi connectivity index (χ3v) is 7.41. The number of allylic oxidation sites excluding steroid dienone is 1. The normalized spacial score (nSPS) is 15.2. The fraction of sp³-hybridized carbons (Fsp3) is 0.269. The molecule has 0 saturated heterocycles. The lowest BCUT2D eigenvalue weighted by Crippen LogP contribution is -2.39. The Kier molecular flexibility index (Phi) is 7.99. The molecule has 3 aromatic rings. The highest BCUT2D eigenvalue weighted by atomic mass is 32.2. The van der Waals surface area contributed by atoms with Crippen molar-refractivity contribution in [1.82, 2.24) is 20.1 Å². The minimum atomic E-state index is -4.69. The molecule has 2 aromatic carbocycles. The number of hydrogen-bond acceptors (Lipinski definition) is 9. The van der Waals surface area contributed by atoms with Gasteiger partial charge in [0, 0.05) is 29.7 Å². The van der Waals surface area contributed by atoms with Crippen LogP contribution in [0.4, 0.5) is 24.8 Å². The van der Waals surface area contributed by atoms with Gasteiger partial charge in [0.15, 0.2) is 0 Å². The molecule has 0 unspecified atom stereocenters. The van der Waals surface area contributed by atoms with E-state index in [1.165, 1.54) is 36.1 Å². The molecular formula is C26H23F3N6O6S. The van der Waals surface area contributed by atoms with E-state index in [0.717, 1.165) is 36.1 Å². The topological polar surface area (TPSA) is 167 Å². The fourth-order valence-corrected chi connectivity index (χ4v) is 5.06. The smallest absolute Gasteiger partial charge is 0.416 e. The third kappa shape index (κ3) is 5.77. The average molecular weight is 605 g/mol. The average Bonchev–Trinajstić information content (AvgIpc) is 3.31. The first-order valence-corrected chi connectivity index (χ1v) is 14.2. The number of nitrogens with zero attached hydrogens (tertiary/aromatic N) is 4. The number of benzene rings is 2. The molecule has 2 heterocycles. The Morgan fingerprint density at radius 1 is 1.21 bits per heavy atom. The maximum atomic E-state index is 13.5. The first-order valence-electron chi connectivity index (χ1n) is 12.1. The highest BCUT2D eigenvalue weighted by molar-refractivity contribution is 7.90. The number of alkyl halides is 3. The number of amides is 1. The van der Waals surface area contributed by atoms with Crippen LogP contribution in [-0.4, -0.2) is 60.7 Å². The van der Waals surface area contributed by atoms with Gasteiger partial charge < -0.3 is 10.1 Å². The van der Waals surface area contributed by atoms with Gasteiger partial charge in [0.05, 0.1) is 35.6 Å². The summed E-state index contributed by atoms with van der Waals surface area (Å²) in [5.74, 6) is -2.33. The fourth-order valence-electron chi connectivity index (χ4n) is 4.58. The van der Waals surface area contributed by atoms with Crippen molar-refractivity contribution in [2.24, 2.45) is 0 Å². The molecule has 1 aliphatic heterocycles. The zero-order valence-corrected chi connectivity index (χ0v) is 23.1. The third-order valence-electron chi connectivity index (χ3n) is 6.46. The van der Waals surface area contributed by atoms with E-state index in [1.54, 1.807) is 0 Å². The first kappa shape index (κ1) is 30.1. The van der Waals surface area contributed by atoms with E-state index in [0.29, 0.717) is 0 Å². The number of rotatable bonds is 7. The second-order valence-electron chi connectivity index (χ2n) is 9.28. The number of methoxy groups -OCH3 is 1. The lowest BCUT2D eigenvalue weighted by molar-refractivity contribution is -0.138. The molecule has 1 aromatic heterocycles. The summed E-state index contributed by atoms with van der Waals surface area (Å²) in [5.41, 5.74) is -2.15. The van der Waals surface area contributed by atoms with Gasteiger partial charge in [-0.1, -0.05) is 12.1 Å². The van der Waals surface area contributed by atoms with Crippen LogP contribution >= 0.6 is 0 Å². The summed E-state index contributed by atoms with van der Waals surface area (Å²) < 4.78 is 69.7. The zero-order valence-electron chi connectivity index (χ0n) is 22.3. The number of sulfone groups is 1. The van der Waals surface area contributed by atoms with Crippen molar-refractivity contribution in [2.45, 2.75) is 19.1 Å². The number of hydrogen-bond donors (Lipinski definition) is 2. The molecule has 0 radical (unpaired) electrons. The number of aromatic amines is 1. The zero-order chi connectivity index (χ0) is 31.0. The van der Waals surface area contributed by atoms with Crippen LogP contribution in [0.2, 0.25) is 0 Å². The molecule has 1 aliphatic rings. The summed E-state index contributed by atoms with van der Waals surface area (Å²) >= 11 is 0. The Bertz CT molecular complexity index is 1820. The monoisotopic (exact) mass is 604 g/mol. The second kappa shape index (κ2) is 11.2. The molecule has 0 aliphatic carbocycles. The number of nitrogens with one attached hydrogen (secondary N) is 2. The van der Waals surface area contributed by atoms with Crippen molar-refractivity contribution in [3.05, 3.63) is 86.5 Å². The number of fused-ring (bicyclic) bond motifs is 1. The van der Waals surface area contributed by atoms with Crippen LogP contribution in [0.15, 0.2) is 58.5 Å². The number of carbonyl (C=O) groups is 2. The highest BCUT2D eigenvalue weighted by Gasteiger charge is 2.41. The van der Waals surface area contributed by atoms with Gasteiger partial charge in [-0.2, -0.15) is 18.4 Å². The Hall–Kier alpha value is -4.91. The van der Waals surface area contributed by atoms with Crippen LogP contribution in [0.25, 0.3) is 0 Å². The van der Waals surface area contributed by atoms with Crippen molar-refractivity contribution in [3.8, 4) is 6.07 Å². The van der Waals surface area contributed by atoms with Crippen LogP contribution in [0.3, 0.4) is 0 Å². The molecule has 0 saturated carbocycles. The minimum absolute atomic E-state index is 0.0408. The van der Waals surface area contributed by atoms with Gasteiger partial charge in [-0.15, -0.1) is 5.10 Å². The Morgan fingerprint density at radius 3 is 2.55 bits per heavy atom. The summed E-state index contributed by atoms with van der Waals surface area (Å²) in [6.45, 7) is 1.15. The maximum absolute atomic E-state index is 13.5. The van der Waals surface area contributed by atoms with Crippen molar-refractivity contribution < 1.29 is 35.9 Å². The SMILES string of the molecule is COC(=O)C1=C(C)N(c2cccc(C(F)(F)F)c2)c2n[nH]c(=O)n2[C@@H]1c1ccc(C#N)cc1C(=O)NCCS(C)(=O)=O. The Balaban J connectivity index is 1.96. The van der Waals surface area contributed by atoms with Crippen LogP contribution in [0, 0.1) is 11.3 Å². The number of anilines is 2. The van der Waals surface area contributed by atoms with E-state index in [4.69, 9.17) is 4.74 Å². The lowest BCUT2D eigenvalue weighted by atomic mass is 9.89. The van der Waals surface area contributed by atoms with E-state index in [-0.39, 0.29) is 51.9 Å². The summed E-state index contributed by atoms with van der Waals surface area (Å²) in [7, 11) is -2.36. The first-order chi connectivity index (χ1) is 19.7. The Morgan fingerprint density at radius 2 is 1.93 bits per heavy atom. The van der Waals surface area contributed by atoms with E-state index in [2.05, 4.69) is 15.5 Å². The van der Waals surface area contributed by atoms with E-state index in [9.17, 15) is 41.2 Å². The number of esters is 1. The van der Waals surface area contributed by atoms with Crippen LogP contribution < -0.4 is 15.9 Å². The molecule has 1 amide bonds. The summed E-state index contributed by atoms with van der Waals surface area (Å²) in [6, 6.07) is 8.57. The molecule has 12 nitrogen and oxygen atoms in total. The van der Waals surface area contributed by atoms with Gasteiger partial charge in [-0.25, -0.2) is 27.7 Å². The molecule has 0 fully saturated rings. The summed E-state index contributed by atoms with van der Waals surface area (Å²) in [4.78, 5) is 40.8. The minimum Gasteiger partial charge on any atom is -0.466 e. The van der Waals surface area contributed by atoms with Gasteiger partial charge >= 0.3 is 17.8 Å². The largest absolute Gasteiger partial charge is 0.466 e. The molecule has 0 spiro atoms. The molecule has 42 heavy (non-hydrogen) atoms. The van der Waals surface area contributed by atoms with E-state index >= 15 is 0 Å². The van der Waals surface area contributed by atoms with Crippen molar-refractivity contribution in [2.75, 3.05) is 30.6 Å². The number of ether oxygens (including phenoxy) is 1. The predicted octanol–water partition coefficient (Wildman–Crippen LogP) is 2.42. The van der Waals surface area contributed by atoms with Gasteiger partial charge in [0.25, 0.3) is 5.91 Å². The van der Waals surface area contributed by atoms with Crippen LogP contribution in [-0.2, 0) is 25.5 Å². The van der Waals surface area contributed by atoms with Gasteiger partial charge in [-0.3, -0.25) is 9.69 Å². The number of aromatic nitrogens is 3. The molecule has 2 N–H and O–H groups in total. The lowest BCUT2D eigenvalue weighted by Gasteiger charge is -2.36. The van der Waals surface area contributed by atoms with Crippen LogP contribution in [0.5, 0.6) is 0 Å². The van der Waals surface area contributed by atoms with Crippen LogP contribution in [0.1, 0.15) is 40.0 Å². The molecule has 4 rings (SSSR count). The number of carbonyl (C=O) groups excluding carboxylic acids is 2. The molecule has 16 heteroatoms. The Labute approximate surface area is 236 Å². The molecule has 1 atom stereocenters. The van der Waals surface area contributed by atoms with Crippen molar-refractivity contribution in [3.63, 3.8) is 0 Å². The van der Waals surface area contributed by atoms with Gasteiger partial charge in [0.2, 0.25) is 5.95 Å². The summed E-state index contributed by atoms with van der Waals surface area (Å²) in [5, 5.41) is 18.2. The van der Waals surface area contributed by atoms with E-state index in [1.807, 2.05) is 6.07 Å². The van der Waals surface area contributed by atoms with Crippen molar-refractivity contribution >= 4 is 33.3 Å².